The molecule has 1 aliphatic heterocycles. The van der Waals surface area contributed by atoms with Crippen molar-refractivity contribution in [3.63, 3.8) is 0 Å². The van der Waals surface area contributed by atoms with Crippen molar-refractivity contribution in [1.29, 1.82) is 0 Å². The van der Waals surface area contributed by atoms with E-state index in [4.69, 9.17) is 24.1 Å². The van der Waals surface area contributed by atoms with Crippen molar-refractivity contribution >= 4 is 0 Å². The summed E-state index contributed by atoms with van der Waals surface area (Å²) >= 11 is 0. The summed E-state index contributed by atoms with van der Waals surface area (Å²) in [4.78, 5) is 0. The number of aliphatic hydroxyl groups excluding tert-OH is 1. The first-order valence-electron chi connectivity index (χ1n) is 4.76. The molecule has 0 radical (unpaired) electrons. The highest BCUT2D eigenvalue weighted by Crippen LogP contribution is 2.20. The predicted octanol–water partition coefficient (Wildman–Crippen LogP) is 0.119. The Labute approximate surface area is 83.9 Å². The Balaban J connectivity index is 2.01. The van der Waals surface area contributed by atoms with E-state index in [1.807, 2.05) is 6.92 Å². The molecule has 1 heterocycles. The van der Waals surface area contributed by atoms with E-state index in [-0.39, 0.29) is 19.0 Å². The number of aliphatic hydroxyl groups is 1. The van der Waals surface area contributed by atoms with Crippen molar-refractivity contribution in [2.24, 2.45) is 0 Å². The maximum Gasteiger partial charge on any atom is 0.157 e. The van der Waals surface area contributed by atoms with Gasteiger partial charge in [0.25, 0.3) is 0 Å². The van der Waals surface area contributed by atoms with Gasteiger partial charge in [0.05, 0.1) is 25.4 Å². The third-order valence-corrected chi connectivity index (χ3v) is 2.13. The molecule has 1 rings (SSSR count). The number of methoxy groups -OCH3 is 1. The van der Waals surface area contributed by atoms with Gasteiger partial charge in [-0.2, -0.15) is 0 Å². The monoisotopic (exact) mass is 206 g/mol. The molecule has 0 amide bonds. The number of hydrogen-bond acceptors (Lipinski definition) is 5. The number of hydrogen-bond donors (Lipinski definition) is 1. The molecule has 0 aromatic rings. The quantitative estimate of drug-likeness (QED) is 0.494. The van der Waals surface area contributed by atoms with E-state index >= 15 is 0 Å². The molecule has 1 N–H and O–H groups in total. The first-order chi connectivity index (χ1) is 6.74. The summed E-state index contributed by atoms with van der Waals surface area (Å²) in [6.45, 7) is 3.16. The molecule has 0 aliphatic carbocycles. The highest BCUT2D eigenvalue weighted by Gasteiger charge is 2.31. The van der Waals surface area contributed by atoms with Crippen LogP contribution in [0.3, 0.4) is 0 Å². The van der Waals surface area contributed by atoms with Crippen LogP contribution in [-0.4, -0.2) is 50.7 Å². The Morgan fingerprint density at radius 3 is 2.79 bits per heavy atom. The highest BCUT2D eigenvalue weighted by molar-refractivity contribution is 4.74. The van der Waals surface area contributed by atoms with Crippen LogP contribution >= 0.6 is 0 Å². The lowest BCUT2D eigenvalue weighted by Gasteiger charge is -2.14. The molecule has 0 spiro atoms. The molecule has 1 fully saturated rings. The average Bonchev–Trinajstić information content (AvgIpc) is 2.45. The Kier molecular flexibility index (Phi) is 5.36. The molecule has 5 nitrogen and oxygen atoms in total. The molecule has 5 heteroatoms. The molecule has 1 aliphatic rings. The van der Waals surface area contributed by atoms with Crippen LogP contribution in [0.4, 0.5) is 0 Å². The van der Waals surface area contributed by atoms with E-state index in [1.54, 1.807) is 7.11 Å². The zero-order valence-corrected chi connectivity index (χ0v) is 8.64. The van der Waals surface area contributed by atoms with Crippen molar-refractivity contribution < 1.29 is 24.1 Å². The summed E-state index contributed by atoms with van der Waals surface area (Å²) in [5, 5.41) is 9.15. The Morgan fingerprint density at radius 1 is 1.43 bits per heavy atom. The molecule has 0 bridgehead atoms. The van der Waals surface area contributed by atoms with Crippen LogP contribution in [0, 0.1) is 0 Å². The van der Waals surface area contributed by atoms with Crippen molar-refractivity contribution in [1.82, 2.24) is 0 Å². The standard InChI is InChI=1S/C9H18O5/c1-7-8(5-9(10)14-7)13-6-12-4-3-11-2/h7-10H,3-6H2,1-2H3/t7-,8-,9?/m0/s1. The molecular formula is C9H18O5. The third-order valence-electron chi connectivity index (χ3n) is 2.13. The van der Waals surface area contributed by atoms with E-state index in [0.29, 0.717) is 19.6 Å². The Morgan fingerprint density at radius 2 is 2.21 bits per heavy atom. The summed E-state index contributed by atoms with van der Waals surface area (Å²) in [6, 6.07) is 0. The van der Waals surface area contributed by atoms with Crippen molar-refractivity contribution in [3.8, 4) is 0 Å². The first kappa shape index (κ1) is 11.9. The zero-order chi connectivity index (χ0) is 10.4. The molecule has 0 aromatic carbocycles. The van der Waals surface area contributed by atoms with Crippen LogP contribution in [0.25, 0.3) is 0 Å². The molecule has 0 aromatic heterocycles. The summed E-state index contributed by atoms with van der Waals surface area (Å²) in [5.41, 5.74) is 0. The van der Waals surface area contributed by atoms with Crippen molar-refractivity contribution in [3.05, 3.63) is 0 Å². The molecule has 1 saturated heterocycles. The van der Waals surface area contributed by atoms with Crippen molar-refractivity contribution in [2.45, 2.75) is 31.8 Å². The fraction of sp³-hybridized carbons (Fsp3) is 1.00. The van der Waals surface area contributed by atoms with Crippen LogP contribution in [0.2, 0.25) is 0 Å². The Hall–Kier alpha value is -0.200. The molecule has 3 atom stereocenters. The van der Waals surface area contributed by atoms with Crippen molar-refractivity contribution in [2.75, 3.05) is 27.1 Å². The van der Waals surface area contributed by atoms with Crippen LogP contribution < -0.4 is 0 Å². The lowest BCUT2D eigenvalue weighted by atomic mass is 10.2. The van der Waals surface area contributed by atoms with Gasteiger partial charge in [0, 0.05) is 13.5 Å². The van der Waals surface area contributed by atoms with E-state index in [9.17, 15) is 0 Å². The predicted molar refractivity (Wildman–Crippen MR) is 48.7 cm³/mol. The van der Waals surface area contributed by atoms with Crippen LogP contribution in [0.15, 0.2) is 0 Å². The summed E-state index contributed by atoms with van der Waals surface area (Å²) in [5.74, 6) is 0. The SMILES string of the molecule is COCCOCO[C@H]1CC(O)O[C@H]1C. The molecular weight excluding hydrogens is 188 g/mol. The summed E-state index contributed by atoms with van der Waals surface area (Å²) in [7, 11) is 1.62. The Bertz CT molecular complexity index is 152. The number of rotatable bonds is 6. The van der Waals surface area contributed by atoms with E-state index in [0.717, 1.165) is 0 Å². The van der Waals surface area contributed by atoms with E-state index in [1.165, 1.54) is 0 Å². The molecule has 14 heavy (non-hydrogen) atoms. The van der Waals surface area contributed by atoms with Crippen LogP contribution in [0.1, 0.15) is 13.3 Å². The maximum atomic E-state index is 9.15. The molecule has 1 unspecified atom stereocenters. The fourth-order valence-corrected chi connectivity index (χ4v) is 1.32. The fourth-order valence-electron chi connectivity index (χ4n) is 1.32. The normalized spacial score (nSPS) is 32.4. The van der Waals surface area contributed by atoms with E-state index in [2.05, 4.69) is 0 Å². The van der Waals surface area contributed by atoms with Gasteiger partial charge in [0.2, 0.25) is 0 Å². The van der Waals surface area contributed by atoms with Gasteiger partial charge in [-0.25, -0.2) is 0 Å². The molecule has 84 valence electrons. The minimum atomic E-state index is -0.700. The lowest BCUT2D eigenvalue weighted by molar-refractivity contribution is -0.119. The maximum absolute atomic E-state index is 9.15. The highest BCUT2D eigenvalue weighted by atomic mass is 16.7. The van der Waals surface area contributed by atoms with Gasteiger partial charge in [0.1, 0.15) is 6.79 Å². The van der Waals surface area contributed by atoms with Crippen LogP contribution in [0.5, 0.6) is 0 Å². The third kappa shape index (κ3) is 3.89. The zero-order valence-electron chi connectivity index (χ0n) is 8.64. The summed E-state index contributed by atoms with van der Waals surface area (Å²) < 4.78 is 20.4. The van der Waals surface area contributed by atoms with Gasteiger partial charge >= 0.3 is 0 Å². The van der Waals surface area contributed by atoms with Crippen LogP contribution in [-0.2, 0) is 18.9 Å². The smallest absolute Gasteiger partial charge is 0.157 e. The molecule has 0 saturated carbocycles. The van der Waals surface area contributed by atoms with Gasteiger partial charge in [-0.15, -0.1) is 0 Å². The first-order valence-corrected chi connectivity index (χ1v) is 4.76. The second-order valence-corrected chi connectivity index (χ2v) is 3.26. The number of ether oxygens (including phenoxy) is 4. The second-order valence-electron chi connectivity index (χ2n) is 3.26. The van der Waals surface area contributed by atoms with Gasteiger partial charge in [0.15, 0.2) is 6.29 Å². The van der Waals surface area contributed by atoms with E-state index < -0.39 is 6.29 Å². The largest absolute Gasteiger partial charge is 0.382 e. The minimum Gasteiger partial charge on any atom is -0.382 e. The topological polar surface area (TPSA) is 57.2 Å². The average molecular weight is 206 g/mol. The summed E-state index contributed by atoms with van der Waals surface area (Å²) in [6.07, 6.45) is -0.341. The minimum absolute atomic E-state index is 0.0731. The van der Waals surface area contributed by atoms with Gasteiger partial charge in [-0.1, -0.05) is 0 Å². The van der Waals surface area contributed by atoms with Gasteiger partial charge in [-0.05, 0) is 6.92 Å². The van der Waals surface area contributed by atoms with Gasteiger partial charge < -0.3 is 24.1 Å². The van der Waals surface area contributed by atoms with Gasteiger partial charge in [-0.3, -0.25) is 0 Å². The second kappa shape index (κ2) is 6.31. The lowest BCUT2D eigenvalue weighted by Crippen LogP contribution is -2.22.